The number of likely N-dealkylation sites (tertiary alicyclic amines) is 1. The Bertz CT molecular complexity index is 1080. The van der Waals surface area contributed by atoms with Gasteiger partial charge in [-0.1, -0.05) is 12.8 Å². The summed E-state index contributed by atoms with van der Waals surface area (Å²) in [4.78, 5) is 24.6. The summed E-state index contributed by atoms with van der Waals surface area (Å²) in [5.41, 5.74) is 1.43. The number of piperidine rings is 1. The standard InChI is InChI=1S/C25H33F2N7O/c26-25(27)10-9-18-22(25)29-24(34-12-4-8-20(34)17-7-3-11-33(14-17)15-35)30-23(18)28-21-13-19(31-32-21)16-5-1-2-6-16/h13,15-17,20H,1-12,14H2,(H2,28,29,30,31,32). The molecule has 0 radical (unpaired) electrons. The summed E-state index contributed by atoms with van der Waals surface area (Å²) < 4.78 is 29.8. The third-order valence-corrected chi connectivity index (χ3v) is 8.41. The van der Waals surface area contributed by atoms with Crippen molar-refractivity contribution in [1.29, 1.82) is 0 Å². The van der Waals surface area contributed by atoms with Gasteiger partial charge >= 0.3 is 0 Å². The van der Waals surface area contributed by atoms with Crippen LogP contribution in [0, 0.1) is 5.92 Å². The molecule has 10 heteroatoms. The molecular formula is C25H33F2N7O. The van der Waals surface area contributed by atoms with Gasteiger partial charge in [-0.2, -0.15) is 18.9 Å². The number of hydrogen-bond donors (Lipinski definition) is 2. The van der Waals surface area contributed by atoms with Gasteiger partial charge in [0.15, 0.2) is 5.82 Å². The second kappa shape index (κ2) is 9.02. The maximum absolute atomic E-state index is 14.9. The lowest BCUT2D eigenvalue weighted by molar-refractivity contribution is -0.119. The average Bonchev–Trinajstić information content (AvgIpc) is 3.66. The van der Waals surface area contributed by atoms with Crippen LogP contribution in [-0.2, 0) is 17.1 Å². The minimum atomic E-state index is -2.96. The summed E-state index contributed by atoms with van der Waals surface area (Å²) in [6.07, 6.45) is 9.59. The maximum Gasteiger partial charge on any atom is 0.290 e. The molecule has 8 nitrogen and oxygen atoms in total. The molecule has 1 amide bonds. The van der Waals surface area contributed by atoms with Gasteiger partial charge in [-0.05, 0) is 50.9 Å². The van der Waals surface area contributed by atoms with Crippen LogP contribution in [0.4, 0.5) is 26.4 Å². The zero-order valence-corrected chi connectivity index (χ0v) is 20.0. The van der Waals surface area contributed by atoms with Crippen molar-refractivity contribution < 1.29 is 13.6 Å². The van der Waals surface area contributed by atoms with Gasteiger partial charge in [0.1, 0.15) is 11.5 Å². The molecular weight excluding hydrogens is 452 g/mol. The fraction of sp³-hybridized carbons (Fsp3) is 0.680. The van der Waals surface area contributed by atoms with E-state index in [2.05, 4.69) is 25.4 Å². The van der Waals surface area contributed by atoms with Crippen LogP contribution in [0.5, 0.6) is 0 Å². The third kappa shape index (κ3) is 4.25. The van der Waals surface area contributed by atoms with E-state index in [1.807, 2.05) is 11.0 Å². The van der Waals surface area contributed by atoms with Crippen molar-refractivity contribution in [2.24, 2.45) is 5.92 Å². The average molecular weight is 486 g/mol. The second-order valence-electron chi connectivity index (χ2n) is 10.6. The van der Waals surface area contributed by atoms with E-state index in [0.717, 1.165) is 63.7 Å². The van der Waals surface area contributed by atoms with E-state index in [-0.39, 0.29) is 24.6 Å². The predicted molar refractivity (Wildman–Crippen MR) is 128 cm³/mol. The van der Waals surface area contributed by atoms with Gasteiger partial charge in [0.2, 0.25) is 12.4 Å². The number of aromatic amines is 1. The number of aromatic nitrogens is 4. The smallest absolute Gasteiger partial charge is 0.290 e. The Morgan fingerprint density at radius 2 is 1.91 bits per heavy atom. The Morgan fingerprint density at radius 1 is 1.09 bits per heavy atom. The van der Waals surface area contributed by atoms with Crippen molar-refractivity contribution in [2.75, 3.05) is 29.9 Å². The molecule has 4 aliphatic rings. The number of amides is 1. The third-order valence-electron chi connectivity index (χ3n) is 8.41. The zero-order valence-electron chi connectivity index (χ0n) is 20.0. The number of anilines is 3. The predicted octanol–water partition coefficient (Wildman–Crippen LogP) is 4.48. The molecule has 0 bridgehead atoms. The van der Waals surface area contributed by atoms with E-state index in [1.54, 1.807) is 0 Å². The van der Waals surface area contributed by atoms with Crippen LogP contribution in [0.2, 0.25) is 0 Å². The van der Waals surface area contributed by atoms with Crippen molar-refractivity contribution in [3.8, 4) is 0 Å². The highest BCUT2D eigenvalue weighted by Crippen LogP contribution is 2.45. The lowest BCUT2D eigenvalue weighted by atomic mass is 9.89. The molecule has 4 heterocycles. The van der Waals surface area contributed by atoms with Crippen molar-refractivity contribution >= 4 is 24.0 Å². The van der Waals surface area contributed by atoms with Crippen molar-refractivity contribution in [3.63, 3.8) is 0 Å². The monoisotopic (exact) mass is 485 g/mol. The van der Waals surface area contributed by atoms with Crippen LogP contribution < -0.4 is 10.2 Å². The van der Waals surface area contributed by atoms with Crippen LogP contribution in [0.15, 0.2) is 6.07 Å². The van der Waals surface area contributed by atoms with Crippen molar-refractivity contribution in [2.45, 2.75) is 82.1 Å². The van der Waals surface area contributed by atoms with Gasteiger partial charge in [0, 0.05) is 55.3 Å². The molecule has 1 saturated carbocycles. The lowest BCUT2D eigenvalue weighted by Gasteiger charge is -2.37. The Morgan fingerprint density at radius 3 is 2.74 bits per heavy atom. The molecule has 2 unspecified atom stereocenters. The van der Waals surface area contributed by atoms with Crippen LogP contribution in [0.3, 0.4) is 0 Å². The summed E-state index contributed by atoms with van der Waals surface area (Å²) in [6, 6.07) is 2.14. The molecule has 0 spiro atoms. The molecule has 0 aromatic carbocycles. The molecule has 2 aliphatic heterocycles. The quantitative estimate of drug-likeness (QED) is 0.587. The first-order chi connectivity index (χ1) is 17.0. The molecule has 2 aliphatic carbocycles. The van der Waals surface area contributed by atoms with Crippen LogP contribution >= 0.6 is 0 Å². The molecule has 2 saturated heterocycles. The van der Waals surface area contributed by atoms with Crippen molar-refractivity contribution in [3.05, 3.63) is 23.0 Å². The normalized spacial score (nSPS) is 26.3. The Hall–Kier alpha value is -2.78. The van der Waals surface area contributed by atoms with E-state index in [9.17, 15) is 13.6 Å². The number of nitrogens with zero attached hydrogens (tertiary/aromatic N) is 5. The minimum Gasteiger partial charge on any atom is -0.345 e. The molecule has 35 heavy (non-hydrogen) atoms. The number of fused-ring (bicyclic) bond motifs is 1. The fourth-order valence-electron chi connectivity index (χ4n) is 6.59. The van der Waals surface area contributed by atoms with Crippen LogP contribution in [0.1, 0.15) is 80.7 Å². The molecule has 6 rings (SSSR count). The summed E-state index contributed by atoms with van der Waals surface area (Å²) in [7, 11) is 0. The largest absolute Gasteiger partial charge is 0.345 e. The number of rotatable bonds is 6. The molecule has 2 aromatic heterocycles. The number of nitrogens with one attached hydrogen (secondary N) is 2. The first kappa shape index (κ1) is 22.7. The second-order valence-corrected chi connectivity index (χ2v) is 10.6. The van der Waals surface area contributed by atoms with E-state index in [4.69, 9.17) is 4.98 Å². The topological polar surface area (TPSA) is 90.0 Å². The molecule has 2 aromatic rings. The highest BCUT2D eigenvalue weighted by molar-refractivity contribution is 5.62. The molecule has 3 fully saturated rings. The van der Waals surface area contributed by atoms with Gasteiger partial charge < -0.3 is 15.1 Å². The summed E-state index contributed by atoms with van der Waals surface area (Å²) in [5.74, 6) is -0.758. The highest BCUT2D eigenvalue weighted by Gasteiger charge is 2.44. The van der Waals surface area contributed by atoms with E-state index < -0.39 is 5.92 Å². The summed E-state index contributed by atoms with van der Waals surface area (Å²) >= 11 is 0. The van der Waals surface area contributed by atoms with Crippen LogP contribution in [-0.4, -0.2) is 57.2 Å². The Kier molecular flexibility index (Phi) is 5.84. The number of carbonyl (C=O) groups is 1. The van der Waals surface area contributed by atoms with E-state index in [0.29, 0.717) is 41.5 Å². The van der Waals surface area contributed by atoms with Gasteiger partial charge in [-0.3, -0.25) is 9.89 Å². The van der Waals surface area contributed by atoms with Gasteiger partial charge in [0.05, 0.1) is 0 Å². The number of alkyl halides is 2. The van der Waals surface area contributed by atoms with E-state index in [1.165, 1.54) is 12.8 Å². The summed E-state index contributed by atoms with van der Waals surface area (Å²) in [6.45, 7) is 2.23. The minimum absolute atomic E-state index is 0.151. The SMILES string of the molecule is O=CN1CCCC(C2CCCN2c2nc(Nc3cc(C4CCCC4)[nH]n3)c3c(n2)C(F)(F)CC3)C1. The number of carbonyl (C=O) groups excluding carboxylic acids is 1. The van der Waals surface area contributed by atoms with Crippen LogP contribution in [0.25, 0.3) is 0 Å². The van der Waals surface area contributed by atoms with Gasteiger partial charge in [-0.15, -0.1) is 0 Å². The van der Waals surface area contributed by atoms with Crippen molar-refractivity contribution in [1.82, 2.24) is 25.1 Å². The number of halogens is 2. The molecule has 2 N–H and O–H groups in total. The van der Waals surface area contributed by atoms with E-state index >= 15 is 0 Å². The fourth-order valence-corrected chi connectivity index (χ4v) is 6.59. The van der Waals surface area contributed by atoms with Gasteiger partial charge in [-0.25, -0.2) is 4.98 Å². The first-order valence-electron chi connectivity index (χ1n) is 13.1. The Balaban J connectivity index is 1.31. The number of H-pyrrole nitrogens is 1. The lowest BCUT2D eigenvalue weighted by Crippen LogP contribution is -2.45. The maximum atomic E-state index is 14.9. The molecule has 188 valence electrons. The first-order valence-corrected chi connectivity index (χ1v) is 13.1. The highest BCUT2D eigenvalue weighted by atomic mass is 19.3. The molecule has 2 atom stereocenters. The zero-order chi connectivity index (χ0) is 24.0. The van der Waals surface area contributed by atoms with Gasteiger partial charge in [0.25, 0.3) is 5.92 Å². The Labute approximate surface area is 203 Å². The summed E-state index contributed by atoms with van der Waals surface area (Å²) in [5, 5.41) is 10.8. The number of hydrogen-bond acceptors (Lipinski definition) is 6.